The molecular weight excluding hydrogens is 464 g/mol. The van der Waals surface area contributed by atoms with Gasteiger partial charge in [-0.15, -0.1) is 0 Å². The van der Waals surface area contributed by atoms with E-state index in [0.717, 1.165) is 0 Å². The van der Waals surface area contributed by atoms with Crippen LogP contribution in [0.3, 0.4) is 0 Å². The number of nitrogens with one attached hydrogen (secondary N) is 2. The van der Waals surface area contributed by atoms with Crippen molar-refractivity contribution in [2.24, 2.45) is 5.92 Å². The number of ether oxygens (including phenoxy) is 4. The minimum Gasteiger partial charge on any atom is -0.496 e. The first-order chi connectivity index (χ1) is 16.3. The molecule has 1 aliphatic carbocycles. The third-order valence-electron chi connectivity index (χ3n) is 6.23. The van der Waals surface area contributed by atoms with Crippen LogP contribution in [-0.2, 0) is 9.59 Å². The molecule has 10 heteroatoms. The first-order valence-electron chi connectivity index (χ1n) is 10.6. The number of carbonyl (C=O) groups is 3. The van der Waals surface area contributed by atoms with Gasteiger partial charge in [0.2, 0.25) is 17.2 Å². The summed E-state index contributed by atoms with van der Waals surface area (Å²) in [5, 5.41) is 6.05. The molecule has 2 aliphatic heterocycles. The number of methoxy groups -OCH3 is 2. The van der Waals surface area contributed by atoms with Gasteiger partial charge < -0.3 is 29.6 Å². The Morgan fingerprint density at radius 3 is 2.62 bits per heavy atom. The molecule has 0 aromatic heterocycles. The van der Waals surface area contributed by atoms with Gasteiger partial charge in [0.25, 0.3) is 5.91 Å². The molecule has 0 fully saturated rings. The quantitative estimate of drug-likeness (QED) is 0.633. The van der Waals surface area contributed by atoms with Gasteiger partial charge in [0.1, 0.15) is 27.8 Å². The van der Waals surface area contributed by atoms with E-state index in [-0.39, 0.29) is 40.3 Å². The SMILES string of the molecule is COc1cc(OC)c2c(c1Cl)OC1(C(=O)C=C(Nc3ccc4c(c3)OCC(=O)N4)CC1C)C2=O. The van der Waals surface area contributed by atoms with Crippen molar-refractivity contribution in [3.05, 3.63) is 46.6 Å². The third kappa shape index (κ3) is 3.19. The topological polar surface area (TPSA) is 112 Å². The Labute approximate surface area is 200 Å². The summed E-state index contributed by atoms with van der Waals surface area (Å²) in [5.41, 5.74) is 0.262. The summed E-state index contributed by atoms with van der Waals surface area (Å²) in [7, 11) is 2.86. The highest BCUT2D eigenvalue weighted by Gasteiger charge is 2.60. The van der Waals surface area contributed by atoms with E-state index in [9.17, 15) is 14.4 Å². The molecule has 2 atom stereocenters. The number of fused-ring (bicyclic) bond motifs is 2. The van der Waals surface area contributed by atoms with Crippen molar-refractivity contribution >= 4 is 40.4 Å². The molecule has 1 spiro atoms. The lowest BCUT2D eigenvalue weighted by Gasteiger charge is -2.35. The highest BCUT2D eigenvalue weighted by molar-refractivity contribution is 6.36. The molecule has 2 N–H and O–H groups in total. The number of amides is 1. The summed E-state index contributed by atoms with van der Waals surface area (Å²) < 4.78 is 22.1. The molecule has 2 aromatic carbocycles. The fourth-order valence-corrected chi connectivity index (χ4v) is 4.82. The molecule has 9 nitrogen and oxygen atoms in total. The van der Waals surface area contributed by atoms with Gasteiger partial charge in [0.05, 0.1) is 19.9 Å². The van der Waals surface area contributed by atoms with Crippen molar-refractivity contribution in [2.45, 2.75) is 18.9 Å². The molecule has 2 heterocycles. The Hall–Kier alpha value is -3.72. The first kappa shape index (κ1) is 22.1. The zero-order valence-electron chi connectivity index (χ0n) is 18.6. The molecule has 2 aromatic rings. The number of carbonyl (C=O) groups excluding carboxylic acids is 3. The first-order valence-corrected chi connectivity index (χ1v) is 10.9. The van der Waals surface area contributed by atoms with Crippen molar-refractivity contribution in [2.75, 3.05) is 31.5 Å². The molecule has 176 valence electrons. The van der Waals surface area contributed by atoms with Crippen molar-refractivity contribution in [1.29, 1.82) is 0 Å². The van der Waals surface area contributed by atoms with Crippen molar-refractivity contribution < 1.29 is 33.3 Å². The second-order valence-corrected chi connectivity index (χ2v) is 8.66. The molecular formula is C24H21ClN2O7. The number of rotatable bonds is 4. The number of anilines is 2. The van der Waals surface area contributed by atoms with Gasteiger partial charge in [-0.3, -0.25) is 14.4 Å². The van der Waals surface area contributed by atoms with Crippen molar-refractivity contribution in [3.8, 4) is 23.0 Å². The zero-order chi connectivity index (χ0) is 24.2. The van der Waals surface area contributed by atoms with E-state index >= 15 is 0 Å². The Morgan fingerprint density at radius 2 is 1.91 bits per heavy atom. The van der Waals surface area contributed by atoms with E-state index in [4.69, 9.17) is 30.5 Å². The minimum atomic E-state index is -1.74. The number of Topliss-reactive ketones (excluding diaryl/α,β-unsaturated/α-hetero) is 1. The number of benzene rings is 2. The molecule has 5 rings (SSSR count). The van der Waals surface area contributed by atoms with E-state index in [1.165, 1.54) is 26.4 Å². The van der Waals surface area contributed by atoms with Crippen LogP contribution in [0.2, 0.25) is 5.02 Å². The predicted octanol–water partition coefficient (Wildman–Crippen LogP) is 3.61. The standard InChI is InChI=1S/C24H21ClN2O7/c1-11-6-13(26-12-4-5-14-15(7-12)33-10-19(29)27-14)8-18(28)24(11)23(30)20-16(31-2)9-17(32-3)21(25)22(20)34-24/h4-5,7-9,11,26H,6,10H2,1-3H3,(H,27,29). The van der Waals surface area contributed by atoms with Crippen LogP contribution < -0.4 is 29.6 Å². The summed E-state index contributed by atoms with van der Waals surface area (Å²) in [6, 6.07) is 6.72. The van der Waals surface area contributed by atoms with Gasteiger partial charge in [-0.05, 0) is 18.6 Å². The normalized spacial score (nSPS) is 22.8. The Kier molecular flexibility index (Phi) is 5.16. The molecule has 0 saturated heterocycles. The maximum absolute atomic E-state index is 13.6. The van der Waals surface area contributed by atoms with Crippen LogP contribution in [0.4, 0.5) is 11.4 Å². The number of halogens is 1. The highest BCUT2D eigenvalue weighted by Crippen LogP contribution is 2.53. The molecule has 34 heavy (non-hydrogen) atoms. The Bertz CT molecular complexity index is 1290. The number of hydrogen-bond donors (Lipinski definition) is 2. The minimum absolute atomic E-state index is 0.0615. The molecule has 0 radical (unpaired) electrons. The van der Waals surface area contributed by atoms with Crippen LogP contribution in [0, 0.1) is 5.92 Å². The lowest BCUT2D eigenvalue weighted by Crippen LogP contribution is -2.55. The summed E-state index contributed by atoms with van der Waals surface area (Å²) in [4.78, 5) is 38.4. The summed E-state index contributed by atoms with van der Waals surface area (Å²) in [6.45, 7) is 1.72. The van der Waals surface area contributed by atoms with Gasteiger partial charge in [-0.25, -0.2) is 0 Å². The molecule has 0 bridgehead atoms. The highest BCUT2D eigenvalue weighted by atomic mass is 35.5. The second kappa shape index (κ2) is 7.95. The smallest absolute Gasteiger partial charge is 0.262 e. The maximum atomic E-state index is 13.6. The number of ketones is 2. The molecule has 1 amide bonds. The van der Waals surface area contributed by atoms with E-state index in [1.807, 2.05) is 0 Å². The summed E-state index contributed by atoms with van der Waals surface area (Å²) >= 11 is 6.41. The van der Waals surface area contributed by atoms with Gasteiger partial charge in [0, 0.05) is 35.5 Å². The van der Waals surface area contributed by atoms with Crippen LogP contribution in [0.5, 0.6) is 23.0 Å². The van der Waals surface area contributed by atoms with Crippen molar-refractivity contribution in [1.82, 2.24) is 0 Å². The fourth-order valence-electron chi connectivity index (χ4n) is 4.55. The number of hydrogen-bond acceptors (Lipinski definition) is 8. The summed E-state index contributed by atoms with van der Waals surface area (Å²) in [6.07, 6.45) is 1.74. The number of allylic oxidation sites excluding steroid dienone is 1. The average Bonchev–Trinajstić information content (AvgIpc) is 3.13. The largest absolute Gasteiger partial charge is 0.496 e. The van der Waals surface area contributed by atoms with Crippen LogP contribution in [-0.4, -0.2) is 43.9 Å². The van der Waals surface area contributed by atoms with Gasteiger partial charge in [0.15, 0.2) is 12.4 Å². The molecule has 0 saturated carbocycles. The zero-order valence-corrected chi connectivity index (χ0v) is 19.4. The van der Waals surface area contributed by atoms with E-state index in [2.05, 4.69) is 10.6 Å². The van der Waals surface area contributed by atoms with E-state index in [0.29, 0.717) is 29.2 Å². The Morgan fingerprint density at radius 1 is 1.15 bits per heavy atom. The van der Waals surface area contributed by atoms with Gasteiger partial charge >= 0.3 is 0 Å². The van der Waals surface area contributed by atoms with Crippen LogP contribution in [0.1, 0.15) is 23.7 Å². The maximum Gasteiger partial charge on any atom is 0.262 e. The average molecular weight is 485 g/mol. The van der Waals surface area contributed by atoms with Crippen LogP contribution in [0.25, 0.3) is 0 Å². The van der Waals surface area contributed by atoms with E-state index < -0.39 is 23.1 Å². The van der Waals surface area contributed by atoms with E-state index in [1.54, 1.807) is 25.1 Å². The lowest BCUT2D eigenvalue weighted by molar-refractivity contribution is -0.129. The molecule has 2 unspecified atom stereocenters. The third-order valence-corrected chi connectivity index (χ3v) is 6.59. The lowest BCUT2D eigenvalue weighted by atomic mass is 9.74. The van der Waals surface area contributed by atoms with Crippen LogP contribution >= 0.6 is 11.6 Å². The fraction of sp³-hybridized carbons (Fsp3) is 0.292. The predicted molar refractivity (Wildman–Crippen MR) is 123 cm³/mol. The molecule has 3 aliphatic rings. The monoisotopic (exact) mass is 484 g/mol. The summed E-state index contributed by atoms with van der Waals surface area (Å²) in [5.74, 6) is -0.590. The van der Waals surface area contributed by atoms with Crippen molar-refractivity contribution in [3.63, 3.8) is 0 Å². The van der Waals surface area contributed by atoms with Crippen LogP contribution in [0.15, 0.2) is 36.0 Å². The van der Waals surface area contributed by atoms with Gasteiger partial charge in [-0.1, -0.05) is 18.5 Å². The van der Waals surface area contributed by atoms with Gasteiger partial charge in [-0.2, -0.15) is 0 Å². The second-order valence-electron chi connectivity index (χ2n) is 8.28. The Balaban J connectivity index is 1.46.